The first-order valence-corrected chi connectivity index (χ1v) is 5.83. The highest BCUT2D eigenvalue weighted by molar-refractivity contribution is 7.16. The molecule has 0 aliphatic carbocycles. The second kappa shape index (κ2) is 3.71. The van der Waals surface area contributed by atoms with Gasteiger partial charge in [-0.05, 0) is 6.07 Å². The normalized spacial score (nSPS) is 12.9. The third-order valence-electron chi connectivity index (χ3n) is 2.58. The number of rotatable bonds is 1. The van der Waals surface area contributed by atoms with Crippen LogP contribution in [0.3, 0.4) is 0 Å². The maximum atomic E-state index is 10.8. The highest BCUT2D eigenvalue weighted by Gasteiger charge is 2.22. The van der Waals surface area contributed by atoms with Gasteiger partial charge in [-0.3, -0.25) is 9.48 Å². The van der Waals surface area contributed by atoms with Crippen LogP contribution in [0.1, 0.15) is 15.2 Å². The van der Waals surface area contributed by atoms with Gasteiger partial charge in [0.05, 0.1) is 34.4 Å². The average Bonchev–Trinajstić information content (AvgIpc) is 2.89. The Morgan fingerprint density at radius 3 is 3.29 bits per heavy atom. The zero-order valence-corrected chi connectivity index (χ0v) is 9.53. The van der Waals surface area contributed by atoms with E-state index in [0.29, 0.717) is 28.7 Å². The number of ether oxygens (including phenoxy) is 1. The van der Waals surface area contributed by atoms with Crippen LogP contribution in [-0.4, -0.2) is 22.7 Å². The second-order valence-corrected chi connectivity index (χ2v) is 4.60. The van der Waals surface area contributed by atoms with E-state index in [9.17, 15) is 4.79 Å². The zero-order valence-electron chi connectivity index (χ0n) is 8.71. The fourth-order valence-electron chi connectivity index (χ4n) is 1.87. The van der Waals surface area contributed by atoms with Crippen molar-refractivity contribution in [3.63, 3.8) is 0 Å². The third kappa shape index (κ3) is 1.44. The average molecular weight is 245 g/mol. The van der Waals surface area contributed by atoms with E-state index in [1.54, 1.807) is 16.9 Å². The first kappa shape index (κ1) is 10.1. The monoisotopic (exact) mass is 245 g/mol. The molecule has 0 amide bonds. The third-order valence-corrected chi connectivity index (χ3v) is 3.56. The van der Waals surface area contributed by atoms with Gasteiger partial charge in [-0.2, -0.15) is 10.4 Å². The number of carbonyl (C=O) groups excluding carboxylic acids is 1. The zero-order chi connectivity index (χ0) is 11.8. The smallest absolute Gasteiger partial charge is 0.184 e. The van der Waals surface area contributed by atoms with E-state index in [1.165, 1.54) is 11.3 Å². The Morgan fingerprint density at radius 2 is 2.53 bits per heavy atom. The van der Waals surface area contributed by atoms with Crippen molar-refractivity contribution < 1.29 is 9.53 Å². The molecule has 0 aromatic carbocycles. The Balaban J connectivity index is 2.28. The van der Waals surface area contributed by atoms with Crippen molar-refractivity contribution in [2.75, 3.05) is 6.61 Å². The van der Waals surface area contributed by atoms with Crippen molar-refractivity contribution in [1.82, 2.24) is 9.78 Å². The summed E-state index contributed by atoms with van der Waals surface area (Å²) in [4.78, 5) is 11.4. The topological polar surface area (TPSA) is 67.9 Å². The molecule has 0 atom stereocenters. The Kier molecular flexibility index (Phi) is 2.20. The fourth-order valence-corrected chi connectivity index (χ4v) is 2.72. The molecule has 17 heavy (non-hydrogen) atoms. The van der Waals surface area contributed by atoms with Crippen molar-refractivity contribution in [2.24, 2.45) is 0 Å². The second-order valence-electron chi connectivity index (χ2n) is 3.56. The minimum absolute atomic E-state index is 0.491. The summed E-state index contributed by atoms with van der Waals surface area (Å²) in [7, 11) is 0. The number of hydrogen-bond donors (Lipinski definition) is 0. The van der Waals surface area contributed by atoms with Crippen LogP contribution in [0, 0.1) is 11.3 Å². The number of aromatic nitrogens is 2. The van der Waals surface area contributed by atoms with Crippen LogP contribution in [0.15, 0.2) is 12.3 Å². The van der Waals surface area contributed by atoms with Gasteiger partial charge in [0.15, 0.2) is 11.3 Å². The van der Waals surface area contributed by atoms with E-state index in [4.69, 9.17) is 10.00 Å². The standard InChI is InChI=1S/C11H7N3O2S/c12-4-7-5-13-14-1-2-16-11-9(10(7)14)3-8(6-15)17-11/h3,5-6H,1-2H2. The summed E-state index contributed by atoms with van der Waals surface area (Å²) in [6, 6.07) is 3.85. The number of thiophene rings is 1. The summed E-state index contributed by atoms with van der Waals surface area (Å²) in [5, 5.41) is 13.9. The van der Waals surface area contributed by atoms with E-state index in [1.807, 2.05) is 0 Å². The van der Waals surface area contributed by atoms with E-state index in [0.717, 1.165) is 17.5 Å². The van der Waals surface area contributed by atoms with Gasteiger partial charge in [-0.15, -0.1) is 0 Å². The summed E-state index contributed by atoms with van der Waals surface area (Å²) in [6.07, 6.45) is 2.33. The molecule has 0 saturated carbocycles. The lowest BCUT2D eigenvalue weighted by atomic mass is 10.1. The molecular formula is C11H7N3O2S. The van der Waals surface area contributed by atoms with E-state index in [2.05, 4.69) is 11.2 Å². The molecule has 0 radical (unpaired) electrons. The number of nitrogens with zero attached hydrogens (tertiary/aromatic N) is 3. The van der Waals surface area contributed by atoms with Crippen molar-refractivity contribution in [3.05, 3.63) is 22.7 Å². The van der Waals surface area contributed by atoms with Crippen LogP contribution < -0.4 is 4.74 Å². The van der Waals surface area contributed by atoms with Gasteiger partial charge < -0.3 is 4.74 Å². The summed E-state index contributed by atoms with van der Waals surface area (Å²) in [5.41, 5.74) is 2.03. The van der Waals surface area contributed by atoms with Gasteiger partial charge >= 0.3 is 0 Å². The van der Waals surface area contributed by atoms with Crippen molar-refractivity contribution in [3.8, 4) is 22.4 Å². The largest absolute Gasteiger partial charge is 0.481 e. The molecule has 2 aromatic heterocycles. The molecule has 1 aliphatic rings. The SMILES string of the molecule is N#Cc1cnn2c1-c1cc(C=O)sc1OCC2. The Morgan fingerprint density at radius 1 is 1.65 bits per heavy atom. The molecule has 0 saturated heterocycles. The number of carbonyl (C=O) groups is 1. The molecule has 3 rings (SSSR count). The molecule has 6 heteroatoms. The predicted molar refractivity (Wildman–Crippen MR) is 61.1 cm³/mol. The van der Waals surface area contributed by atoms with Gasteiger partial charge in [0.25, 0.3) is 0 Å². The number of aldehydes is 1. The first-order valence-electron chi connectivity index (χ1n) is 5.01. The van der Waals surface area contributed by atoms with Gasteiger partial charge in [-0.1, -0.05) is 11.3 Å². The quantitative estimate of drug-likeness (QED) is 0.717. The molecule has 0 N–H and O–H groups in total. The summed E-state index contributed by atoms with van der Waals surface area (Å²) in [6.45, 7) is 1.10. The lowest BCUT2D eigenvalue weighted by molar-refractivity contribution is 0.112. The molecule has 5 nitrogen and oxygen atoms in total. The highest BCUT2D eigenvalue weighted by atomic mass is 32.1. The molecule has 0 spiro atoms. The molecule has 0 bridgehead atoms. The lowest BCUT2D eigenvalue weighted by Gasteiger charge is -2.00. The van der Waals surface area contributed by atoms with Crippen LogP contribution in [0.2, 0.25) is 0 Å². The maximum Gasteiger partial charge on any atom is 0.184 e. The molecule has 0 fully saturated rings. The van der Waals surface area contributed by atoms with E-state index >= 15 is 0 Å². The van der Waals surface area contributed by atoms with Gasteiger partial charge in [0.2, 0.25) is 0 Å². The molecule has 2 aromatic rings. The van der Waals surface area contributed by atoms with Crippen molar-refractivity contribution in [2.45, 2.75) is 6.54 Å². The van der Waals surface area contributed by atoms with Crippen LogP contribution in [0.4, 0.5) is 0 Å². The van der Waals surface area contributed by atoms with Gasteiger partial charge in [-0.25, -0.2) is 0 Å². The van der Waals surface area contributed by atoms with Crippen molar-refractivity contribution >= 4 is 17.6 Å². The van der Waals surface area contributed by atoms with E-state index < -0.39 is 0 Å². The Hall–Kier alpha value is -2.13. The summed E-state index contributed by atoms with van der Waals surface area (Å²) in [5.74, 6) is 0. The van der Waals surface area contributed by atoms with Gasteiger partial charge in [0, 0.05) is 0 Å². The summed E-state index contributed by atoms with van der Waals surface area (Å²) >= 11 is 1.29. The first-order chi connectivity index (χ1) is 8.33. The van der Waals surface area contributed by atoms with Crippen LogP contribution >= 0.6 is 11.3 Å². The minimum atomic E-state index is 0.491. The maximum absolute atomic E-state index is 10.8. The molecule has 0 unspecified atom stereocenters. The van der Waals surface area contributed by atoms with Crippen LogP contribution in [0.25, 0.3) is 11.3 Å². The van der Waals surface area contributed by atoms with E-state index in [-0.39, 0.29) is 0 Å². The molecular weight excluding hydrogens is 238 g/mol. The molecule has 3 heterocycles. The Labute approximate surface area is 101 Å². The van der Waals surface area contributed by atoms with Crippen LogP contribution in [-0.2, 0) is 6.54 Å². The number of hydrogen-bond acceptors (Lipinski definition) is 5. The summed E-state index contributed by atoms with van der Waals surface area (Å²) < 4.78 is 7.30. The highest BCUT2D eigenvalue weighted by Crippen LogP contribution is 2.40. The molecule has 84 valence electrons. The van der Waals surface area contributed by atoms with Crippen molar-refractivity contribution in [1.29, 1.82) is 5.26 Å². The number of nitriles is 1. The predicted octanol–water partition coefficient (Wildman–Crippen LogP) is 1.69. The number of fused-ring (bicyclic) bond motifs is 3. The molecule has 1 aliphatic heterocycles. The minimum Gasteiger partial charge on any atom is -0.481 e. The lowest BCUT2D eigenvalue weighted by Crippen LogP contribution is -2.06. The fraction of sp³-hybridized carbons (Fsp3) is 0.182. The van der Waals surface area contributed by atoms with Crippen LogP contribution in [0.5, 0.6) is 5.06 Å². The van der Waals surface area contributed by atoms with Gasteiger partial charge in [0.1, 0.15) is 12.7 Å². The Bertz CT molecular complexity index is 636.